The van der Waals surface area contributed by atoms with E-state index in [4.69, 9.17) is 17.3 Å². The number of carbonyl (C=O) groups is 1. The van der Waals surface area contributed by atoms with Gasteiger partial charge in [0.2, 0.25) is 0 Å². The van der Waals surface area contributed by atoms with E-state index >= 15 is 0 Å². The number of aromatic nitrogens is 3. The Morgan fingerprint density at radius 2 is 1.82 bits per heavy atom. The Bertz CT molecular complexity index is 1160. The molecule has 0 spiro atoms. The first-order valence-electron chi connectivity index (χ1n) is 10.2. The van der Waals surface area contributed by atoms with E-state index in [0.29, 0.717) is 23.1 Å². The Kier molecular flexibility index (Phi) is 5.34. The number of fused-ring (bicyclic) bond motifs is 1. The maximum absolute atomic E-state index is 12.9. The molecular weight excluding hydrogens is 454 g/mol. The van der Waals surface area contributed by atoms with Crippen LogP contribution in [0.1, 0.15) is 10.4 Å². The Balaban J connectivity index is 1.37. The highest BCUT2D eigenvalue weighted by Crippen LogP contribution is 2.46. The molecule has 0 radical (unpaired) electrons. The highest BCUT2D eigenvalue weighted by atomic mass is 35.5. The van der Waals surface area contributed by atoms with Crippen molar-refractivity contribution in [2.45, 2.75) is 11.6 Å². The van der Waals surface area contributed by atoms with E-state index in [1.807, 2.05) is 0 Å². The van der Waals surface area contributed by atoms with Crippen LogP contribution in [0.5, 0.6) is 5.75 Å². The van der Waals surface area contributed by atoms with E-state index in [9.17, 15) is 13.6 Å². The number of carbonyl (C=O) groups excluding carboxylic acids is 1. The number of amides is 1. The Labute approximate surface area is 192 Å². The fourth-order valence-corrected chi connectivity index (χ4v) is 4.26. The molecule has 170 valence electrons. The standard InChI is InChI=1S/C22H19ClF2N6O2/c23-22(24,25)33-15-3-1-14(2-4-15)30-21(32)12-5-16(13-6-27-11-28-7-13)20(29-8-12)31-9-17-18(10-31)19(17)26/h1-8,11,17-19H,9-10,26H2,(H,30,32). The first-order valence-corrected chi connectivity index (χ1v) is 10.6. The smallest absolute Gasteiger partial charge is 0.420 e. The van der Waals surface area contributed by atoms with Gasteiger partial charge in [0.05, 0.1) is 5.56 Å². The Morgan fingerprint density at radius 1 is 1.15 bits per heavy atom. The molecule has 2 unspecified atom stereocenters. The van der Waals surface area contributed by atoms with E-state index in [-0.39, 0.29) is 11.8 Å². The molecule has 11 heteroatoms. The average Bonchev–Trinajstić information content (AvgIpc) is 3.19. The van der Waals surface area contributed by atoms with Crippen LogP contribution in [0.3, 0.4) is 0 Å². The number of anilines is 2. The molecule has 1 saturated carbocycles. The maximum atomic E-state index is 12.9. The van der Waals surface area contributed by atoms with Gasteiger partial charge in [-0.25, -0.2) is 15.0 Å². The lowest BCUT2D eigenvalue weighted by Gasteiger charge is -2.23. The van der Waals surface area contributed by atoms with Crippen LogP contribution in [0.25, 0.3) is 11.1 Å². The molecule has 1 aliphatic carbocycles. The van der Waals surface area contributed by atoms with Crippen molar-refractivity contribution in [1.29, 1.82) is 0 Å². The highest BCUT2D eigenvalue weighted by Gasteiger charge is 2.54. The lowest BCUT2D eigenvalue weighted by atomic mass is 10.1. The maximum Gasteiger partial charge on any atom is 0.487 e. The van der Waals surface area contributed by atoms with E-state index in [0.717, 1.165) is 30.0 Å². The molecule has 8 nitrogen and oxygen atoms in total. The van der Waals surface area contributed by atoms with Crippen LogP contribution < -0.4 is 20.7 Å². The number of halogens is 3. The van der Waals surface area contributed by atoms with E-state index < -0.39 is 11.5 Å². The first kappa shape index (κ1) is 21.5. The predicted octanol–water partition coefficient (Wildman–Crippen LogP) is 3.35. The van der Waals surface area contributed by atoms with Crippen LogP contribution in [-0.2, 0) is 0 Å². The van der Waals surface area contributed by atoms with Crippen LogP contribution in [0.15, 0.2) is 55.2 Å². The summed E-state index contributed by atoms with van der Waals surface area (Å²) in [7, 11) is 0. The van der Waals surface area contributed by atoms with Gasteiger partial charge >= 0.3 is 5.57 Å². The molecule has 1 aliphatic heterocycles. The summed E-state index contributed by atoms with van der Waals surface area (Å²) in [6.07, 6.45) is 6.28. The molecule has 3 aromatic rings. The van der Waals surface area contributed by atoms with Crippen LogP contribution in [0, 0.1) is 11.8 Å². The number of hydrogen-bond donors (Lipinski definition) is 2. The van der Waals surface area contributed by atoms with Crippen LogP contribution >= 0.6 is 11.6 Å². The van der Waals surface area contributed by atoms with Crippen molar-refractivity contribution in [2.24, 2.45) is 17.6 Å². The molecule has 1 saturated heterocycles. The molecule has 33 heavy (non-hydrogen) atoms. The number of alkyl halides is 3. The van der Waals surface area contributed by atoms with Gasteiger partial charge in [-0.2, -0.15) is 0 Å². The van der Waals surface area contributed by atoms with Crippen molar-refractivity contribution >= 4 is 29.0 Å². The molecule has 1 amide bonds. The summed E-state index contributed by atoms with van der Waals surface area (Å²) in [6.45, 7) is 1.64. The van der Waals surface area contributed by atoms with Gasteiger partial charge in [-0.05, 0) is 42.2 Å². The van der Waals surface area contributed by atoms with E-state index in [1.54, 1.807) is 18.5 Å². The molecular formula is C22H19ClF2N6O2. The third-order valence-corrected chi connectivity index (χ3v) is 5.98. The number of nitrogens with one attached hydrogen (secondary N) is 1. The molecule has 1 aromatic carbocycles. The van der Waals surface area contributed by atoms with Crippen LogP contribution in [-0.4, -0.2) is 45.6 Å². The third-order valence-electron chi connectivity index (χ3n) is 5.91. The number of ether oxygens (including phenoxy) is 1. The van der Waals surface area contributed by atoms with Gasteiger partial charge in [-0.1, -0.05) is 0 Å². The van der Waals surface area contributed by atoms with Gasteiger partial charge in [0.15, 0.2) is 0 Å². The molecule has 5 rings (SSSR count). The molecule has 0 bridgehead atoms. The van der Waals surface area contributed by atoms with Crippen molar-refractivity contribution in [1.82, 2.24) is 15.0 Å². The first-order chi connectivity index (χ1) is 15.8. The van der Waals surface area contributed by atoms with E-state index in [1.165, 1.54) is 36.8 Å². The lowest BCUT2D eigenvalue weighted by Crippen LogP contribution is -2.29. The molecule has 3 heterocycles. The van der Waals surface area contributed by atoms with Gasteiger partial charge < -0.3 is 20.7 Å². The zero-order chi connectivity index (χ0) is 23.2. The minimum atomic E-state index is -3.81. The molecule has 2 atom stereocenters. The minimum absolute atomic E-state index is 0.131. The largest absolute Gasteiger partial charge is 0.487 e. The van der Waals surface area contributed by atoms with Gasteiger partial charge in [0.25, 0.3) is 5.91 Å². The number of hydrogen-bond acceptors (Lipinski definition) is 7. The second-order valence-corrected chi connectivity index (χ2v) is 8.50. The summed E-state index contributed by atoms with van der Waals surface area (Å²) in [5.41, 5.74) is 4.46. The topological polar surface area (TPSA) is 106 Å². The Hall–Kier alpha value is -3.37. The molecule has 2 aliphatic rings. The van der Waals surface area contributed by atoms with Gasteiger partial charge in [0.1, 0.15) is 17.9 Å². The fourth-order valence-electron chi connectivity index (χ4n) is 4.17. The van der Waals surface area contributed by atoms with Crippen molar-refractivity contribution < 1.29 is 18.3 Å². The van der Waals surface area contributed by atoms with Gasteiger partial charge in [-0.3, -0.25) is 4.79 Å². The highest BCUT2D eigenvalue weighted by molar-refractivity contribution is 6.20. The van der Waals surface area contributed by atoms with Gasteiger partial charge in [-0.15, -0.1) is 8.78 Å². The van der Waals surface area contributed by atoms with Crippen molar-refractivity contribution in [3.8, 4) is 16.9 Å². The summed E-state index contributed by atoms with van der Waals surface area (Å²) in [5.74, 6) is 1.16. The van der Waals surface area contributed by atoms with Crippen molar-refractivity contribution in [3.05, 3.63) is 60.8 Å². The number of benzene rings is 1. The monoisotopic (exact) mass is 472 g/mol. The molecule has 2 aromatic heterocycles. The van der Waals surface area contributed by atoms with Gasteiger partial charge in [0, 0.05) is 66.1 Å². The summed E-state index contributed by atoms with van der Waals surface area (Å²) < 4.78 is 29.8. The lowest BCUT2D eigenvalue weighted by molar-refractivity contribution is -0.0964. The molecule has 3 N–H and O–H groups in total. The fraction of sp³-hybridized carbons (Fsp3) is 0.273. The summed E-state index contributed by atoms with van der Waals surface area (Å²) in [4.78, 5) is 27.8. The minimum Gasteiger partial charge on any atom is -0.420 e. The summed E-state index contributed by atoms with van der Waals surface area (Å²) in [5, 5.41) is 2.72. The number of pyridine rings is 1. The molecule has 2 fully saturated rings. The van der Waals surface area contributed by atoms with E-state index in [2.05, 4.69) is 29.9 Å². The average molecular weight is 473 g/mol. The number of nitrogens with two attached hydrogens (primary N) is 1. The van der Waals surface area contributed by atoms with Crippen molar-refractivity contribution in [3.63, 3.8) is 0 Å². The zero-order valence-electron chi connectivity index (χ0n) is 17.2. The Morgan fingerprint density at radius 3 is 2.45 bits per heavy atom. The number of piperidine rings is 1. The number of nitrogens with zero attached hydrogens (tertiary/aromatic N) is 4. The van der Waals surface area contributed by atoms with Crippen molar-refractivity contribution in [2.75, 3.05) is 23.3 Å². The SMILES string of the molecule is NC1C2CN(c3ncc(C(=O)Nc4ccc(OC(F)(F)Cl)cc4)cc3-c3cncnc3)CC12. The summed E-state index contributed by atoms with van der Waals surface area (Å²) >= 11 is 4.76. The van der Waals surface area contributed by atoms with Crippen LogP contribution in [0.4, 0.5) is 20.3 Å². The second-order valence-electron chi connectivity index (χ2n) is 8.06. The second kappa shape index (κ2) is 8.20. The third kappa shape index (κ3) is 4.57. The quantitative estimate of drug-likeness (QED) is 0.530. The van der Waals surface area contributed by atoms with Crippen LogP contribution in [0.2, 0.25) is 0 Å². The zero-order valence-corrected chi connectivity index (χ0v) is 17.9. The normalized spacial score (nSPS) is 21.5. The summed E-state index contributed by atoms with van der Waals surface area (Å²) in [6, 6.07) is 7.42. The predicted molar refractivity (Wildman–Crippen MR) is 118 cm³/mol. The number of rotatable bonds is 6.